The fraction of sp³-hybridized carbons (Fsp3) is 0.429. The second-order valence-corrected chi connectivity index (χ2v) is 9.97. The van der Waals surface area contributed by atoms with Crippen LogP contribution in [-0.4, -0.2) is 63.9 Å². The first-order valence-corrected chi connectivity index (χ1v) is 12.5. The molecule has 0 radical (unpaired) electrons. The predicted molar refractivity (Wildman–Crippen MR) is 142 cm³/mol. The molecule has 198 valence electrons. The summed E-state index contributed by atoms with van der Waals surface area (Å²) < 4.78 is 20.7. The summed E-state index contributed by atoms with van der Waals surface area (Å²) in [6.45, 7) is 4.26. The van der Waals surface area contributed by atoms with Crippen LogP contribution in [0.2, 0.25) is 0 Å². The molecule has 2 aliphatic rings. The van der Waals surface area contributed by atoms with Gasteiger partial charge in [0.2, 0.25) is 0 Å². The highest BCUT2D eigenvalue weighted by Crippen LogP contribution is 2.35. The monoisotopic (exact) mass is 509 g/mol. The summed E-state index contributed by atoms with van der Waals surface area (Å²) in [6.07, 6.45) is 5.97. The Morgan fingerprint density at radius 1 is 1.38 bits per heavy atom. The smallest absolute Gasteiger partial charge is 0.137 e. The van der Waals surface area contributed by atoms with Crippen molar-refractivity contribution in [2.24, 2.45) is 5.92 Å². The SMILES string of the molecule is COC1=CC=CC(C)(F)C1CN1CCCC(NC(O)c2ccc(N)c(C(=N)c3ccnc(C)c3)c2)C1O. The van der Waals surface area contributed by atoms with Crippen molar-refractivity contribution in [3.63, 3.8) is 0 Å². The van der Waals surface area contributed by atoms with Crippen molar-refractivity contribution in [3.05, 3.63) is 82.9 Å². The number of allylic oxidation sites excluding steroid dienone is 3. The number of aryl methyl sites for hydroxylation is 1. The summed E-state index contributed by atoms with van der Waals surface area (Å²) in [5, 5.41) is 33.9. The third-order valence-electron chi connectivity index (χ3n) is 7.27. The number of alkyl halides is 1. The first-order chi connectivity index (χ1) is 17.6. The summed E-state index contributed by atoms with van der Waals surface area (Å²) >= 11 is 0. The molecule has 8 nitrogen and oxygen atoms in total. The second-order valence-electron chi connectivity index (χ2n) is 9.97. The lowest BCUT2D eigenvalue weighted by Gasteiger charge is -2.43. The number of hydrogen-bond donors (Lipinski definition) is 5. The average Bonchev–Trinajstić information content (AvgIpc) is 2.87. The Bertz CT molecular complexity index is 1200. The molecule has 37 heavy (non-hydrogen) atoms. The maximum atomic E-state index is 15.3. The molecule has 0 saturated carbocycles. The highest BCUT2D eigenvalue weighted by Gasteiger charge is 2.41. The molecule has 6 N–H and O–H groups in total. The predicted octanol–water partition coefficient (Wildman–Crippen LogP) is 3.20. The number of anilines is 1. The van der Waals surface area contributed by atoms with E-state index in [0.29, 0.717) is 41.1 Å². The number of piperidine rings is 1. The van der Waals surface area contributed by atoms with Crippen LogP contribution in [0.3, 0.4) is 0 Å². The molecule has 1 aromatic carbocycles. The lowest BCUT2D eigenvalue weighted by Crippen LogP contribution is -2.57. The zero-order valence-electron chi connectivity index (χ0n) is 21.5. The number of methoxy groups -OCH3 is 1. The van der Waals surface area contributed by atoms with E-state index < -0.39 is 30.1 Å². The number of ether oxygens (including phenoxy) is 1. The van der Waals surface area contributed by atoms with Crippen molar-refractivity contribution < 1.29 is 19.3 Å². The van der Waals surface area contributed by atoms with Gasteiger partial charge in [0, 0.05) is 47.8 Å². The van der Waals surface area contributed by atoms with E-state index >= 15 is 4.39 Å². The van der Waals surface area contributed by atoms with Crippen molar-refractivity contribution in [3.8, 4) is 0 Å². The van der Waals surface area contributed by atoms with Gasteiger partial charge in [-0.25, -0.2) is 4.39 Å². The fourth-order valence-electron chi connectivity index (χ4n) is 5.09. The van der Waals surface area contributed by atoms with E-state index in [4.69, 9.17) is 15.9 Å². The zero-order chi connectivity index (χ0) is 26.7. The Kier molecular flexibility index (Phi) is 8.08. The van der Waals surface area contributed by atoms with Crippen LogP contribution in [0.15, 0.2) is 60.5 Å². The van der Waals surface area contributed by atoms with Gasteiger partial charge in [0.05, 0.1) is 18.7 Å². The van der Waals surface area contributed by atoms with Gasteiger partial charge in [-0.05, 0) is 68.7 Å². The van der Waals surface area contributed by atoms with Crippen LogP contribution >= 0.6 is 0 Å². The van der Waals surface area contributed by atoms with Gasteiger partial charge in [0.25, 0.3) is 0 Å². The van der Waals surface area contributed by atoms with E-state index in [1.807, 2.05) is 17.9 Å². The molecule has 2 heterocycles. The Morgan fingerprint density at radius 3 is 2.89 bits per heavy atom. The van der Waals surface area contributed by atoms with Crippen LogP contribution in [0.4, 0.5) is 10.1 Å². The van der Waals surface area contributed by atoms with Crippen LogP contribution in [0.5, 0.6) is 0 Å². The van der Waals surface area contributed by atoms with E-state index in [1.54, 1.807) is 42.6 Å². The van der Waals surface area contributed by atoms with Crippen molar-refractivity contribution in [2.75, 3.05) is 25.9 Å². The Balaban J connectivity index is 1.47. The van der Waals surface area contributed by atoms with Crippen LogP contribution < -0.4 is 11.1 Å². The molecule has 1 aromatic heterocycles. The summed E-state index contributed by atoms with van der Waals surface area (Å²) in [4.78, 5) is 6.01. The summed E-state index contributed by atoms with van der Waals surface area (Å²) in [6, 6.07) is 8.18. The third-order valence-corrected chi connectivity index (χ3v) is 7.27. The number of nitrogens with one attached hydrogen (secondary N) is 2. The van der Waals surface area contributed by atoms with E-state index in [1.165, 1.54) is 20.1 Å². The largest absolute Gasteiger partial charge is 0.501 e. The second kappa shape index (κ2) is 11.1. The Morgan fingerprint density at radius 2 is 2.16 bits per heavy atom. The van der Waals surface area contributed by atoms with Crippen LogP contribution in [0, 0.1) is 18.3 Å². The van der Waals surface area contributed by atoms with Crippen LogP contribution in [0.25, 0.3) is 0 Å². The van der Waals surface area contributed by atoms with Gasteiger partial charge >= 0.3 is 0 Å². The molecule has 1 aliphatic carbocycles. The van der Waals surface area contributed by atoms with Gasteiger partial charge in [0.1, 0.15) is 23.9 Å². The first kappa shape index (κ1) is 26.9. The third kappa shape index (κ3) is 5.91. The van der Waals surface area contributed by atoms with Crippen LogP contribution in [-0.2, 0) is 4.74 Å². The van der Waals surface area contributed by atoms with Gasteiger partial charge in [-0.3, -0.25) is 20.6 Å². The quantitative estimate of drug-likeness (QED) is 0.210. The average molecular weight is 510 g/mol. The number of nitrogens with two attached hydrogens (primary N) is 1. The van der Waals surface area contributed by atoms with Crippen molar-refractivity contribution in [1.82, 2.24) is 15.2 Å². The number of aliphatic hydroxyl groups is 2. The molecule has 1 saturated heterocycles. The van der Waals surface area contributed by atoms with Gasteiger partial charge in [0.15, 0.2) is 0 Å². The maximum Gasteiger partial charge on any atom is 0.137 e. The molecule has 9 heteroatoms. The lowest BCUT2D eigenvalue weighted by molar-refractivity contribution is -0.0760. The Hall–Kier alpha value is -3.11. The molecule has 0 amide bonds. The minimum Gasteiger partial charge on any atom is -0.501 e. The lowest BCUT2D eigenvalue weighted by atomic mass is 9.84. The molecular formula is C28H36FN5O3. The molecule has 0 bridgehead atoms. The summed E-state index contributed by atoms with van der Waals surface area (Å²) in [5.41, 5.74) is 7.73. The Labute approximate surface area is 217 Å². The molecule has 2 aromatic rings. The number of halogens is 1. The molecule has 1 aliphatic heterocycles. The highest BCUT2D eigenvalue weighted by atomic mass is 19.1. The van der Waals surface area contributed by atoms with E-state index in [9.17, 15) is 10.2 Å². The summed E-state index contributed by atoms with van der Waals surface area (Å²) in [5.74, 6) is -0.0145. The fourth-order valence-corrected chi connectivity index (χ4v) is 5.09. The number of nitrogen functional groups attached to an aromatic ring is 1. The first-order valence-electron chi connectivity index (χ1n) is 12.5. The molecule has 5 unspecified atom stereocenters. The van der Waals surface area contributed by atoms with E-state index in [-0.39, 0.29) is 12.3 Å². The minimum atomic E-state index is -1.60. The standard InChI is InChI=1S/C28H36FN5O3/c1-17-14-18(10-12-32-17)25(31)20-15-19(8-9-22(20)30)26(35)33-23-6-5-13-34(27(23)36)16-21-24(37-3)7-4-11-28(21,2)29/h4,7-12,14-15,21,23,26-27,31,33,35-36H,5-6,13,16,30H2,1-3H3. The number of nitrogens with zero attached hydrogens (tertiary/aromatic N) is 2. The molecule has 4 rings (SSSR count). The number of hydrogen-bond acceptors (Lipinski definition) is 8. The van der Waals surface area contributed by atoms with Crippen molar-refractivity contribution in [2.45, 2.75) is 50.9 Å². The summed E-state index contributed by atoms with van der Waals surface area (Å²) in [7, 11) is 1.53. The van der Waals surface area contributed by atoms with Crippen molar-refractivity contribution in [1.29, 1.82) is 5.41 Å². The minimum absolute atomic E-state index is 0.235. The molecular weight excluding hydrogens is 473 g/mol. The number of benzene rings is 1. The normalized spacial score (nSPS) is 27.0. The van der Waals surface area contributed by atoms with E-state index in [2.05, 4.69) is 10.3 Å². The number of aliphatic hydroxyl groups excluding tert-OH is 2. The molecule has 0 spiro atoms. The number of pyridine rings is 1. The molecule has 1 fully saturated rings. The maximum absolute atomic E-state index is 15.3. The number of likely N-dealkylation sites (tertiary alicyclic amines) is 1. The zero-order valence-corrected chi connectivity index (χ0v) is 21.5. The van der Waals surface area contributed by atoms with Crippen LogP contribution in [0.1, 0.15) is 48.4 Å². The van der Waals surface area contributed by atoms with Gasteiger partial charge in [-0.15, -0.1) is 0 Å². The highest BCUT2D eigenvalue weighted by molar-refractivity contribution is 6.13. The number of rotatable bonds is 8. The topological polar surface area (TPSA) is 128 Å². The van der Waals surface area contributed by atoms with Gasteiger partial charge in [-0.2, -0.15) is 0 Å². The molecule has 5 atom stereocenters. The van der Waals surface area contributed by atoms with Crippen molar-refractivity contribution >= 4 is 11.4 Å². The number of aromatic nitrogens is 1. The van der Waals surface area contributed by atoms with E-state index in [0.717, 1.165) is 12.1 Å². The van der Waals surface area contributed by atoms with Gasteiger partial charge in [-0.1, -0.05) is 12.1 Å². The van der Waals surface area contributed by atoms with Gasteiger partial charge < -0.3 is 20.7 Å².